The van der Waals surface area contributed by atoms with E-state index in [2.05, 4.69) is 20.0 Å². The molecule has 7 heteroatoms. The molecule has 2 aromatic heterocycles. The van der Waals surface area contributed by atoms with E-state index in [1.54, 1.807) is 6.07 Å². The van der Waals surface area contributed by atoms with Crippen molar-refractivity contribution in [2.45, 2.75) is 25.8 Å². The van der Waals surface area contributed by atoms with Gasteiger partial charge in [0.15, 0.2) is 5.69 Å². The van der Waals surface area contributed by atoms with Crippen molar-refractivity contribution in [3.8, 4) is 0 Å². The lowest BCUT2D eigenvalue weighted by molar-refractivity contribution is 0.0679. The SMILES string of the molecule is CN(C)Cc1cnc(CC2CCN(C(=O)c3ccon3)CC2)cn1. The van der Waals surface area contributed by atoms with Crippen molar-refractivity contribution in [2.75, 3.05) is 27.2 Å². The van der Waals surface area contributed by atoms with Crippen LogP contribution in [0.2, 0.25) is 0 Å². The van der Waals surface area contributed by atoms with Gasteiger partial charge in [0.25, 0.3) is 5.91 Å². The van der Waals surface area contributed by atoms with Gasteiger partial charge in [-0.1, -0.05) is 5.16 Å². The van der Waals surface area contributed by atoms with Crippen LogP contribution in [-0.4, -0.2) is 58.0 Å². The zero-order chi connectivity index (χ0) is 16.9. The van der Waals surface area contributed by atoms with Gasteiger partial charge in [-0.3, -0.25) is 14.8 Å². The first-order valence-corrected chi connectivity index (χ1v) is 8.26. The van der Waals surface area contributed by atoms with Crippen molar-refractivity contribution < 1.29 is 9.32 Å². The maximum absolute atomic E-state index is 12.2. The molecule has 0 spiro atoms. The molecule has 128 valence electrons. The first kappa shape index (κ1) is 16.6. The highest BCUT2D eigenvalue weighted by Gasteiger charge is 2.25. The third kappa shape index (κ3) is 4.17. The Morgan fingerprint density at radius 1 is 1.25 bits per heavy atom. The van der Waals surface area contributed by atoms with E-state index in [1.807, 2.05) is 31.4 Å². The molecule has 1 fully saturated rings. The molecule has 0 bridgehead atoms. The Kier molecular flexibility index (Phi) is 5.20. The molecule has 0 atom stereocenters. The molecule has 0 aliphatic carbocycles. The number of nitrogens with zero attached hydrogens (tertiary/aromatic N) is 5. The third-order valence-electron chi connectivity index (χ3n) is 4.29. The van der Waals surface area contributed by atoms with Crippen LogP contribution in [0.1, 0.15) is 34.7 Å². The fraction of sp³-hybridized carbons (Fsp3) is 0.529. The van der Waals surface area contributed by atoms with E-state index < -0.39 is 0 Å². The van der Waals surface area contributed by atoms with Gasteiger partial charge in [-0.15, -0.1) is 0 Å². The van der Waals surface area contributed by atoms with Crippen LogP contribution < -0.4 is 0 Å². The van der Waals surface area contributed by atoms with Crippen LogP contribution in [-0.2, 0) is 13.0 Å². The van der Waals surface area contributed by atoms with E-state index in [9.17, 15) is 4.79 Å². The molecule has 3 rings (SSSR count). The van der Waals surface area contributed by atoms with Crippen LogP contribution in [0.15, 0.2) is 29.2 Å². The first-order valence-electron chi connectivity index (χ1n) is 8.26. The van der Waals surface area contributed by atoms with Crippen LogP contribution in [0.5, 0.6) is 0 Å². The number of rotatable bonds is 5. The highest BCUT2D eigenvalue weighted by molar-refractivity contribution is 5.92. The Morgan fingerprint density at radius 3 is 2.54 bits per heavy atom. The molecule has 0 saturated carbocycles. The molecule has 1 amide bonds. The normalized spacial score (nSPS) is 15.9. The molecule has 1 saturated heterocycles. The summed E-state index contributed by atoms with van der Waals surface area (Å²) in [6.07, 6.45) is 8.04. The number of carbonyl (C=O) groups excluding carboxylic acids is 1. The van der Waals surface area contributed by atoms with E-state index in [0.717, 1.165) is 50.3 Å². The molecule has 0 aromatic carbocycles. The Balaban J connectivity index is 1.49. The van der Waals surface area contributed by atoms with Gasteiger partial charge in [0.05, 0.1) is 17.6 Å². The van der Waals surface area contributed by atoms with Crippen LogP contribution in [0, 0.1) is 5.92 Å². The molecule has 0 N–H and O–H groups in total. The van der Waals surface area contributed by atoms with Gasteiger partial charge >= 0.3 is 0 Å². The quantitative estimate of drug-likeness (QED) is 0.830. The second-order valence-electron chi connectivity index (χ2n) is 6.56. The number of aromatic nitrogens is 3. The van der Waals surface area contributed by atoms with E-state index in [4.69, 9.17) is 4.52 Å². The first-order chi connectivity index (χ1) is 11.6. The van der Waals surface area contributed by atoms with Gasteiger partial charge in [0.2, 0.25) is 0 Å². The second kappa shape index (κ2) is 7.53. The average Bonchev–Trinajstić information content (AvgIpc) is 3.11. The number of hydrogen-bond acceptors (Lipinski definition) is 6. The second-order valence-corrected chi connectivity index (χ2v) is 6.56. The minimum atomic E-state index is -0.0463. The molecule has 0 radical (unpaired) electrons. The Labute approximate surface area is 141 Å². The maximum Gasteiger partial charge on any atom is 0.276 e. The number of hydrogen-bond donors (Lipinski definition) is 0. The largest absolute Gasteiger partial charge is 0.364 e. The summed E-state index contributed by atoms with van der Waals surface area (Å²) in [5.41, 5.74) is 2.39. The van der Waals surface area contributed by atoms with E-state index >= 15 is 0 Å². The van der Waals surface area contributed by atoms with Crippen molar-refractivity contribution >= 4 is 5.91 Å². The lowest BCUT2D eigenvalue weighted by Gasteiger charge is -2.31. The zero-order valence-electron chi connectivity index (χ0n) is 14.2. The smallest absolute Gasteiger partial charge is 0.276 e. The molecule has 0 unspecified atom stereocenters. The van der Waals surface area contributed by atoms with Crippen LogP contribution in [0.4, 0.5) is 0 Å². The fourth-order valence-electron chi connectivity index (χ4n) is 3.01. The summed E-state index contributed by atoms with van der Waals surface area (Å²) in [6, 6.07) is 1.61. The number of likely N-dealkylation sites (tertiary alicyclic amines) is 1. The van der Waals surface area contributed by atoms with Gasteiger partial charge in [0, 0.05) is 31.9 Å². The number of carbonyl (C=O) groups is 1. The van der Waals surface area contributed by atoms with Gasteiger partial charge in [-0.05, 0) is 39.3 Å². The fourth-order valence-corrected chi connectivity index (χ4v) is 3.01. The molecular weight excluding hydrogens is 306 g/mol. The summed E-state index contributed by atoms with van der Waals surface area (Å²) in [5.74, 6) is 0.496. The van der Waals surface area contributed by atoms with E-state index in [0.29, 0.717) is 11.6 Å². The van der Waals surface area contributed by atoms with Crippen LogP contribution in [0.3, 0.4) is 0 Å². The monoisotopic (exact) mass is 329 g/mol. The Bertz CT molecular complexity index is 646. The summed E-state index contributed by atoms with van der Waals surface area (Å²) in [5, 5.41) is 3.72. The van der Waals surface area contributed by atoms with Gasteiger partial charge < -0.3 is 14.3 Å². The lowest BCUT2D eigenvalue weighted by Crippen LogP contribution is -2.39. The zero-order valence-corrected chi connectivity index (χ0v) is 14.2. The average molecular weight is 329 g/mol. The molecule has 7 nitrogen and oxygen atoms in total. The van der Waals surface area contributed by atoms with Crippen molar-refractivity contribution in [1.82, 2.24) is 24.9 Å². The van der Waals surface area contributed by atoms with Crippen molar-refractivity contribution in [2.24, 2.45) is 5.92 Å². The van der Waals surface area contributed by atoms with Gasteiger partial charge in [0.1, 0.15) is 6.26 Å². The topological polar surface area (TPSA) is 75.4 Å². The predicted octanol–water partition coefficient (Wildman–Crippen LogP) is 1.62. The molecule has 1 aliphatic heterocycles. The maximum atomic E-state index is 12.2. The third-order valence-corrected chi connectivity index (χ3v) is 4.29. The number of amides is 1. The molecule has 2 aromatic rings. The number of piperidine rings is 1. The lowest BCUT2D eigenvalue weighted by atomic mass is 9.92. The van der Waals surface area contributed by atoms with Gasteiger partial charge in [-0.2, -0.15) is 0 Å². The summed E-state index contributed by atoms with van der Waals surface area (Å²) >= 11 is 0. The van der Waals surface area contributed by atoms with E-state index in [-0.39, 0.29) is 5.91 Å². The summed E-state index contributed by atoms with van der Waals surface area (Å²) in [4.78, 5) is 25.2. The molecule has 1 aliphatic rings. The molecule has 3 heterocycles. The summed E-state index contributed by atoms with van der Waals surface area (Å²) < 4.78 is 4.74. The Hall–Kier alpha value is -2.28. The standard InChI is InChI=1S/C17H23N5O2/c1-21(2)12-15-11-18-14(10-19-15)9-13-3-6-22(7-4-13)17(23)16-5-8-24-20-16/h5,8,10-11,13H,3-4,6-7,9,12H2,1-2H3. The summed E-state index contributed by atoms with van der Waals surface area (Å²) in [7, 11) is 4.04. The van der Waals surface area contributed by atoms with Crippen molar-refractivity contribution in [3.05, 3.63) is 41.8 Å². The highest BCUT2D eigenvalue weighted by atomic mass is 16.5. The van der Waals surface area contributed by atoms with Gasteiger partial charge in [-0.25, -0.2) is 0 Å². The highest BCUT2D eigenvalue weighted by Crippen LogP contribution is 2.22. The summed E-state index contributed by atoms with van der Waals surface area (Å²) in [6.45, 7) is 2.31. The molecular formula is C17H23N5O2. The van der Waals surface area contributed by atoms with Crippen LogP contribution in [0.25, 0.3) is 0 Å². The minimum Gasteiger partial charge on any atom is -0.364 e. The van der Waals surface area contributed by atoms with Crippen molar-refractivity contribution in [1.29, 1.82) is 0 Å². The minimum absolute atomic E-state index is 0.0463. The van der Waals surface area contributed by atoms with Crippen LogP contribution >= 0.6 is 0 Å². The molecule has 24 heavy (non-hydrogen) atoms. The van der Waals surface area contributed by atoms with Crippen molar-refractivity contribution in [3.63, 3.8) is 0 Å². The van der Waals surface area contributed by atoms with E-state index in [1.165, 1.54) is 6.26 Å². The predicted molar refractivity (Wildman–Crippen MR) is 88.3 cm³/mol. The Morgan fingerprint density at radius 2 is 1.96 bits per heavy atom.